The molecule has 1 saturated heterocycles. The van der Waals surface area contributed by atoms with Crippen LogP contribution in [-0.4, -0.2) is 41.1 Å². The molecule has 21 heavy (non-hydrogen) atoms. The molecule has 0 radical (unpaired) electrons. The molecule has 2 unspecified atom stereocenters. The van der Waals surface area contributed by atoms with E-state index in [-0.39, 0.29) is 44.2 Å². The lowest BCUT2D eigenvalue weighted by Crippen LogP contribution is -2.52. The molecule has 0 saturated carbocycles. The Labute approximate surface area is 122 Å². The molecule has 1 aliphatic heterocycles. The van der Waals surface area contributed by atoms with Crippen molar-refractivity contribution >= 4 is 11.9 Å². The molecule has 1 N–H and O–H groups in total. The summed E-state index contributed by atoms with van der Waals surface area (Å²) in [6, 6.07) is 0. The summed E-state index contributed by atoms with van der Waals surface area (Å²) in [6.07, 6.45) is -4.42. The molecule has 0 aromatic rings. The molecule has 0 aliphatic carbocycles. The van der Waals surface area contributed by atoms with Crippen LogP contribution in [0.2, 0.25) is 0 Å². The molecule has 2 atom stereocenters. The monoisotopic (exact) mass is 309 g/mol. The molecule has 122 valence electrons. The Hall–Kier alpha value is -1.27. The van der Waals surface area contributed by atoms with Gasteiger partial charge in [-0.05, 0) is 17.8 Å². The lowest BCUT2D eigenvalue weighted by Gasteiger charge is -2.45. The number of piperidine rings is 1. The number of hydrogen-bond donors (Lipinski definition) is 1. The second-order valence-corrected chi connectivity index (χ2v) is 6.59. The third-order valence-corrected chi connectivity index (χ3v) is 4.02. The summed E-state index contributed by atoms with van der Waals surface area (Å²) in [7, 11) is 0. The van der Waals surface area contributed by atoms with Crippen LogP contribution < -0.4 is 0 Å². The van der Waals surface area contributed by atoms with E-state index in [2.05, 4.69) is 0 Å². The van der Waals surface area contributed by atoms with Crippen LogP contribution in [0.25, 0.3) is 0 Å². The van der Waals surface area contributed by atoms with E-state index in [0.717, 1.165) is 0 Å². The van der Waals surface area contributed by atoms with Crippen LogP contribution in [0.5, 0.6) is 0 Å². The zero-order chi connectivity index (χ0) is 16.4. The van der Waals surface area contributed by atoms with Crippen LogP contribution in [0.15, 0.2) is 0 Å². The number of aliphatic carboxylic acids is 1. The van der Waals surface area contributed by atoms with Crippen molar-refractivity contribution in [2.45, 2.75) is 46.2 Å². The number of carbonyl (C=O) groups excluding carboxylic acids is 1. The number of halogens is 3. The van der Waals surface area contributed by atoms with Crippen molar-refractivity contribution in [1.29, 1.82) is 0 Å². The second-order valence-electron chi connectivity index (χ2n) is 6.59. The van der Waals surface area contributed by atoms with E-state index in [1.807, 2.05) is 0 Å². The molecule has 0 aromatic heterocycles. The van der Waals surface area contributed by atoms with Crippen LogP contribution >= 0.6 is 0 Å². The summed E-state index contributed by atoms with van der Waals surface area (Å²) in [5.41, 5.74) is -1.03. The number of carbonyl (C=O) groups is 2. The summed E-state index contributed by atoms with van der Waals surface area (Å²) in [4.78, 5) is 24.1. The number of alkyl halides is 3. The summed E-state index contributed by atoms with van der Waals surface area (Å²) in [5, 5.41) is 8.66. The third kappa shape index (κ3) is 4.89. The highest BCUT2D eigenvalue weighted by molar-refractivity contribution is 5.77. The minimum absolute atomic E-state index is 0.0514. The van der Waals surface area contributed by atoms with Gasteiger partial charge in [0.05, 0.1) is 5.92 Å². The van der Waals surface area contributed by atoms with Crippen molar-refractivity contribution in [3.63, 3.8) is 0 Å². The van der Waals surface area contributed by atoms with Gasteiger partial charge in [-0.3, -0.25) is 9.59 Å². The van der Waals surface area contributed by atoms with Gasteiger partial charge < -0.3 is 10.0 Å². The molecule has 4 nitrogen and oxygen atoms in total. The molecule has 1 heterocycles. The first-order valence-corrected chi connectivity index (χ1v) is 6.99. The van der Waals surface area contributed by atoms with Crippen LogP contribution in [-0.2, 0) is 9.59 Å². The Kier molecular flexibility index (Phi) is 5.28. The van der Waals surface area contributed by atoms with Gasteiger partial charge in [-0.2, -0.15) is 13.2 Å². The van der Waals surface area contributed by atoms with Crippen molar-refractivity contribution in [3.05, 3.63) is 0 Å². The van der Waals surface area contributed by atoms with Crippen LogP contribution in [0.3, 0.4) is 0 Å². The second kappa shape index (κ2) is 6.23. The first-order valence-electron chi connectivity index (χ1n) is 6.99. The quantitative estimate of drug-likeness (QED) is 0.868. The number of nitrogens with zero attached hydrogens (tertiary/aromatic N) is 1. The van der Waals surface area contributed by atoms with Crippen molar-refractivity contribution in [3.8, 4) is 0 Å². The first-order chi connectivity index (χ1) is 9.43. The predicted octanol–water partition coefficient (Wildman–Crippen LogP) is 2.92. The first kappa shape index (κ1) is 17.8. The van der Waals surface area contributed by atoms with Gasteiger partial charge in [0.1, 0.15) is 0 Å². The molecule has 1 amide bonds. The molecule has 1 rings (SSSR count). The molecular formula is C14H22F3NO3. The third-order valence-electron chi connectivity index (χ3n) is 4.02. The topological polar surface area (TPSA) is 57.6 Å². The standard InChI is InChI=1S/C14H22F3NO3/c1-9(7-12(20)21)6-11(19)18-5-4-10(14(15,16)17)13(2,3)8-18/h9-10H,4-8H2,1-3H3,(H,20,21). The Morgan fingerprint density at radius 1 is 1.33 bits per heavy atom. The number of likely N-dealkylation sites (tertiary alicyclic amines) is 1. The lowest BCUT2D eigenvalue weighted by molar-refractivity contribution is -0.217. The van der Waals surface area contributed by atoms with E-state index in [0.29, 0.717) is 0 Å². The average molecular weight is 309 g/mol. The molecule has 0 spiro atoms. The fraction of sp³-hybridized carbons (Fsp3) is 0.857. The van der Waals surface area contributed by atoms with E-state index < -0.39 is 23.5 Å². The maximum Gasteiger partial charge on any atom is 0.392 e. The smallest absolute Gasteiger partial charge is 0.392 e. The molecular weight excluding hydrogens is 287 g/mol. The van der Waals surface area contributed by atoms with Gasteiger partial charge in [-0.25, -0.2) is 0 Å². The molecule has 0 aromatic carbocycles. The predicted molar refractivity (Wildman–Crippen MR) is 70.6 cm³/mol. The number of carboxylic acids is 1. The van der Waals surface area contributed by atoms with E-state index in [9.17, 15) is 22.8 Å². The number of amides is 1. The fourth-order valence-corrected chi connectivity index (χ4v) is 2.97. The van der Waals surface area contributed by atoms with E-state index >= 15 is 0 Å². The lowest BCUT2D eigenvalue weighted by atomic mass is 9.73. The number of hydrogen-bond acceptors (Lipinski definition) is 2. The summed E-state index contributed by atoms with van der Waals surface area (Å²) >= 11 is 0. The van der Waals surface area contributed by atoms with Gasteiger partial charge in [0.15, 0.2) is 0 Å². The summed E-state index contributed by atoms with van der Waals surface area (Å²) < 4.78 is 38.8. The Morgan fingerprint density at radius 2 is 1.90 bits per heavy atom. The normalized spacial score (nSPS) is 23.7. The van der Waals surface area contributed by atoms with Gasteiger partial charge in [-0.1, -0.05) is 20.8 Å². The molecule has 0 bridgehead atoms. The van der Waals surface area contributed by atoms with Crippen molar-refractivity contribution < 1.29 is 27.9 Å². The minimum Gasteiger partial charge on any atom is -0.481 e. The zero-order valence-electron chi connectivity index (χ0n) is 12.5. The Balaban J connectivity index is 2.64. The molecule has 1 fully saturated rings. The molecule has 7 heteroatoms. The maximum absolute atomic E-state index is 12.9. The van der Waals surface area contributed by atoms with Gasteiger partial charge in [0.25, 0.3) is 0 Å². The van der Waals surface area contributed by atoms with E-state index in [1.54, 1.807) is 6.92 Å². The van der Waals surface area contributed by atoms with Crippen molar-refractivity contribution in [2.24, 2.45) is 17.3 Å². The van der Waals surface area contributed by atoms with Crippen molar-refractivity contribution in [2.75, 3.05) is 13.1 Å². The zero-order valence-corrected chi connectivity index (χ0v) is 12.5. The van der Waals surface area contributed by atoms with Gasteiger partial charge in [0.2, 0.25) is 5.91 Å². The fourth-order valence-electron chi connectivity index (χ4n) is 2.97. The summed E-state index contributed by atoms with van der Waals surface area (Å²) in [5.74, 6) is -2.98. The van der Waals surface area contributed by atoms with Gasteiger partial charge in [0, 0.05) is 25.9 Å². The average Bonchev–Trinajstić information content (AvgIpc) is 2.23. The highest BCUT2D eigenvalue weighted by atomic mass is 19.4. The van der Waals surface area contributed by atoms with Gasteiger partial charge >= 0.3 is 12.1 Å². The highest BCUT2D eigenvalue weighted by Crippen LogP contribution is 2.45. The maximum atomic E-state index is 12.9. The number of carboxylic acid groups (broad SMARTS) is 1. The van der Waals surface area contributed by atoms with E-state index in [4.69, 9.17) is 5.11 Å². The van der Waals surface area contributed by atoms with Crippen molar-refractivity contribution in [1.82, 2.24) is 4.90 Å². The van der Waals surface area contributed by atoms with Crippen LogP contribution in [0, 0.1) is 17.3 Å². The molecule has 1 aliphatic rings. The minimum atomic E-state index is -4.25. The van der Waals surface area contributed by atoms with Crippen LogP contribution in [0.4, 0.5) is 13.2 Å². The largest absolute Gasteiger partial charge is 0.481 e. The van der Waals surface area contributed by atoms with Crippen LogP contribution in [0.1, 0.15) is 40.0 Å². The SMILES string of the molecule is CC(CC(=O)O)CC(=O)N1CCC(C(F)(F)F)C(C)(C)C1. The Morgan fingerprint density at radius 3 is 2.33 bits per heavy atom. The summed E-state index contributed by atoms with van der Waals surface area (Å²) in [6.45, 7) is 4.82. The highest BCUT2D eigenvalue weighted by Gasteiger charge is 2.51. The van der Waals surface area contributed by atoms with Gasteiger partial charge in [-0.15, -0.1) is 0 Å². The Bertz CT molecular complexity index is 407. The number of rotatable bonds is 4. The van der Waals surface area contributed by atoms with E-state index in [1.165, 1.54) is 18.7 Å².